The molecule has 1 fully saturated rings. The lowest BCUT2D eigenvalue weighted by molar-refractivity contribution is 0.0697. The molecule has 0 saturated carbocycles. The summed E-state index contributed by atoms with van der Waals surface area (Å²) in [5.74, 6) is -0.348. The van der Waals surface area contributed by atoms with Crippen LogP contribution in [0.2, 0.25) is 0 Å². The standard InChI is InChI=1S/C12H17NO4S3/c1-12(2)3-4-13(5-6-19-12)20(16,17)10-7-9(8-18-10)11(14)15/h7-8H,3-6H2,1-2H3,(H,14,15). The van der Waals surface area contributed by atoms with Crippen LogP contribution in [0.25, 0.3) is 0 Å². The van der Waals surface area contributed by atoms with E-state index in [4.69, 9.17) is 5.11 Å². The smallest absolute Gasteiger partial charge is 0.336 e. The molecule has 0 atom stereocenters. The Morgan fingerprint density at radius 1 is 1.40 bits per heavy atom. The molecule has 0 aliphatic carbocycles. The zero-order valence-corrected chi connectivity index (χ0v) is 13.8. The molecule has 1 aliphatic heterocycles. The van der Waals surface area contributed by atoms with Gasteiger partial charge >= 0.3 is 5.97 Å². The Labute approximate surface area is 127 Å². The predicted octanol–water partition coefficient (Wildman–Crippen LogP) is 2.35. The number of hydrogen-bond acceptors (Lipinski definition) is 5. The topological polar surface area (TPSA) is 74.7 Å². The number of carboxylic acids is 1. The van der Waals surface area contributed by atoms with Crippen LogP contribution in [-0.4, -0.2) is 47.4 Å². The van der Waals surface area contributed by atoms with Crippen LogP contribution in [0.1, 0.15) is 30.6 Å². The van der Waals surface area contributed by atoms with Gasteiger partial charge < -0.3 is 5.11 Å². The van der Waals surface area contributed by atoms with E-state index in [1.165, 1.54) is 15.8 Å². The Balaban J connectivity index is 2.23. The number of aromatic carboxylic acids is 1. The fraction of sp³-hybridized carbons (Fsp3) is 0.583. The maximum absolute atomic E-state index is 12.5. The number of hydrogen-bond donors (Lipinski definition) is 1. The largest absolute Gasteiger partial charge is 0.478 e. The molecule has 0 spiro atoms. The van der Waals surface area contributed by atoms with Gasteiger partial charge in [0.05, 0.1) is 5.56 Å². The Morgan fingerprint density at radius 2 is 2.10 bits per heavy atom. The molecule has 0 aromatic carbocycles. The first-order valence-electron chi connectivity index (χ1n) is 6.18. The molecule has 0 bridgehead atoms. The van der Waals surface area contributed by atoms with Crippen molar-refractivity contribution in [3.05, 3.63) is 17.0 Å². The predicted molar refractivity (Wildman–Crippen MR) is 81.2 cm³/mol. The summed E-state index contributed by atoms with van der Waals surface area (Å²) in [6.07, 6.45) is 0.786. The quantitative estimate of drug-likeness (QED) is 0.918. The van der Waals surface area contributed by atoms with Crippen molar-refractivity contribution in [2.75, 3.05) is 18.8 Å². The lowest BCUT2D eigenvalue weighted by Crippen LogP contribution is -2.33. The Kier molecular flexibility index (Phi) is 4.48. The van der Waals surface area contributed by atoms with Gasteiger partial charge in [-0.15, -0.1) is 11.3 Å². The Bertz CT molecular complexity index is 606. The summed E-state index contributed by atoms with van der Waals surface area (Å²) in [4.78, 5) is 10.9. The molecule has 0 unspecified atom stereocenters. The minimum Gasteiger partial charge on any atom is -0.478 e. The second kappa shape index (κ2) is 5.67. The molecule has 1 aliphatic rings. The van der Waals surface area contributed by atoms with Gasteiger partial charge in [0.2, 0.25) is 0 Å². The summed E-state index contributed by atoms with van der Waals surface area (Å²) in [5, 5.41) is 10.2. The van der Waals surface area contributed by atoms with Crippen LogP contribution in [0.3, 0.4) is 0 Å². The minimum atomic E-state index is -3.57. The van der Waals surface area contributed by atoms with E-state index in [-0.39, 0.29) is 14.5 Å². The van der Waals surface area contributed by atoms with Crippen LogP contribution in [-0.2, 0) is 10.0 Å². The van der Waals surface area contributed by atoms with E-state index in [1.54, 1.807) is 11.8 Å². The first-order chi connectivity index (χ1) is 9.22. The first kappa shape index (κ1) is 15.8. The van der Waals surface area contributed by atoms with Crippen molar-refractivity contribution in [1.29, 1.82) is 0 Å². The van der Waals surface area contributed by atoms with E-state index in [1.807, 2.05) is 0 Å². The molecule has 1 saturated heterocycles. The van der Waals surface area contributed by atoms with Gasteiger partial charge in [-0.3, -0.25) is 0 Å². The Morgan fingerprint density at radius 3 is 2.70 bits per heavy atom. The fourth-order valence-electron chi connectivity index (χ4n) is 1.93. The molecule has 2 rings (SSSR count). The lowest BCUT2D eigenvalue weighted by atomic mass is 10.1. The molecule has 2 heterocycles. The summed E-state index contributed by atoms with van der Waals surface area (Å²) < 4.78 is 26.7. The molecular weight excluding hydrogens is 318 g/mol. The first-order valence-corrected chi connectivity index (χ1v) is 9.49. The summed E-state index contributed by atoms with van der Waals surface area (Å²) in [7, 11) is -3.57. The summed E-state index contributed by atoms with van der Waals surface area (Å²) in [6, 6.07) is 1.24. The van der Waals surface area contributed by atoms with Crippen molar-refractivity contribution in [1.82, 2.24) is 4.31 Å². The number of sulfonamides is 1. The van der Waals surface area contributed by atoms with E-state index in [9.17, 15) is 13.2 Å². The molecule has 20 heavy (non-hydrogen) atoms. The van der Waals surface area contributed by atoms with Crippen molar-refractivity contribution >= 4 is 39.1 Å². The molecule has 5 nitrogen and oxygen atoms in total. The van der Waals surface area contributed by atoms with Gasteiger partial charge in [0.1, 0.15) is 4.21 Å². The lowest BCUT2D eigenvalue weighted by Gasteiger charge is -2.22. The van der Waals surface area contributed by atoms with Gasteiger partial charge in [-0.05, 0) is 12.5 Å². The van der Waals surface area contributed by atoms with E-state index in [0.29, 0.717) is 13.1 Å². The highest BCUT2D eigenvalue weighted by molar-refractivity contribution is 8.00. The number of rotatable bonds is 3. The third kappa shape index (κ3) is 3.36. The number of carboxylic acid groups (broad SMARTS) is 1. The minimum absolute atomic E-state index is 0.0260. The van der Waals surface area contributed by atoms with Crippen LogP contribution in [0.15, 0.2) is 15.7 Å². The van der Waals surface area contributed by atoms with E-state index < -0.39 is 16.0 Å². The maximum Gasteiger partial charge on any atom is 0.336 e. The molecule has 1 N–H and O–H groups in total. The summed E-state index contributed by atoms with van der Waals surface area (Å²) >= 11 is 2.74. The van der Waals surface area contributed by atoms with Gasteiger partial charge in [0, 0.05) is 29.0 Å². The molecule has 1 aromatic heterocycles. The second-order valence-electron chi connectivity index (χ2n) is 5.22. The van der Waals surface area contributed by atoms with Crippen LogP contribution in [0.5, 0.6) is 0 Å². The Hall–Kier alpha value is -0.570. The van der Waals surface area contributed by atoms with Gasteiger partial charge in [-0.25, -0.2) is 13.2 Å². The van der Waals surface area contributed by atoms with Crippen molar-refractivity contribution in [2.24, 2.45) is 0 Å². The molecule has 0 radical (unpaired) electrons. The summed E-state index contributed by atoms with van der Waals surface area (Å²) in [5.41, 5.74) is 0.0260. The average Bonchev–Trinajstić information content (AvgIpc) is 2.76. The van der Waals surface area contributed by atoms with Crippen molar-refractivity contribution in [3.63, 3.8) is 0 Å². The van der Waals surface area contributed by atoms with E-state index in [0.717, 1.165) is 23.5 Å². The van der Waals surface area contributed by atoms with Gasteiger partial charge in [0.15, 0.2) is 0 Å². The highest BCUT2D eigenvalue weighted by Crippen LogP contribution is 2.33. The van der Waals surface area contributed by atoms with E-state index in [2.05, 4.69) is 13.8 Å². The SMILES string of the molecule is CC1(C)CCN(S(=O)(=O)c2cc(C(=O)O)cs2)CCS1. The number of thioether (sulfide) groups is 1. The van der Waals surface area contributed by atoms with Crippen molar-refractivity contribution < 1.29 is 18.3 Å². The molecular formula is C12H17NO4S3. The van der Waals surface area contributed by atoms with Gasteiger partial charge in [-0.2, -0.15) is 16.1 Å². The zero-order valence-electron chi connectivity index (χ0n) is 11.3. The third-order valence-corrected chi connectivity index (χ3v) is 7.90. The van der Waals surface area contributed by atoms with Crippen LogP contribution in [0, 0.1) is 0 Å². The van der Waals surface area contributed by atoms with Crippen molar-refractivity contribution in [3.8, 4) is 0 Å². The second-order valence-corrected chi connectivity index (χ2v) is 10.1. The normalized spacial score (nSPS) is 20.5. The molecule has 112 valence electrons. The van der Waals surface area contributed by atoms with E-state index >= 15 is 0 Å². The molecule has 1 aromatic rings. The summed E-state index contributed by atoms with van der Waals surface area (Å²) in [6.45, 7) is 5.17. The van der Waals surface area contributed by atoms with Crippen LogP contribution >= 0.6 is 23.1 Å². The molecule has 0 amide bonds. The number of nitrogens with zero attached hydrogens (tertiary/aromatic N) is 1. The highest BCUT2D eigenvalue weighted by Gasteiger charge is 2.31. The third-order valence-electron chi connectivity index (χ3n) is 3.21. The molecule has 8 heteroatoms. The maximum atomic E-state index is 12.5. The van der Waals surface area contributed by atoms with Gasteiger partial charge in [-0.1, -0.05) is 13.8 Å². The zero-order chi connectivity index (χ0) is 15.0. The monoisotopic (exact) mass is 335 g/mol. The van der Waals surface area contributed by atoms with Crippen molar-refractivity contribution in [2.45, 2.75) is 29.2 Å². The van der Waals surface area contributed by atoms with Crippen LogP contribution in [0.4, 0.5) is 0 Å². The average molecular weight is 335 g/mol. The highest BCUT2D eigenvalue weighted by atomic mass is 32.2. The fourth-order valence-corrected chi connectivity index (χ4v) is 5.90. The number of carbonyl (C=O) groups is 1. The van der Waals surface area contributed by atoms with Crippen LogP contribution < -0.4 is 0 Å². The number of thiophene rings is 1. The van der Waals surface area contributed by atoms with Gasteiger partial charge in [0.25, 0.3) is 10.0 Å².